The van der Waals surface area contributed by atoms with Crippen molar-refractivity contribution in [2.24, 2.45) is 5.41 Å². The number of rotatable bonds is 6. The van der Waals surface area contributed by atoms with Gasteiger partial charge in [-0.15, -0.1) is 0 Å². The fraction of sp³-hybridized carbons (Fsp3) is 0.370. The first-order chi connectivity index (χ1) is 18.1. The summed E-state index contributed by atoms with van der Waals surface area (Å²) in [5, 5.41) is 0. The summed E-state index contributed by atoms with van der Waals surface area (Å²) in [5.74, 6) is 2.41. The average Bonchev–Trinajstić information content (AvgIpc) is 3.28. The summed E-state index contributed by atoms with van der Waals surface area (Å²) < 4.78 is 30.6. The highest BCUT2D eigenvalue weighted by molar-refractivity contribution is 5.75. The van der Waals surface area contributed by atoms with Crippen molar-refractivity contribution in [1.82, 2.24) is 19.5 Å². The van der Waals surface area contributed by atoms with Gasteiger partial charge in [-0.1, -0.05) is 0 Å². The molecule has 3 aromatic heterocycles. The summed E-state index contributed by atoms with van der Waals surface area (Å²) in [5.41, 5.74) is 5.09. The molecule has 7 rings (SSSR count). The number of hydrogen-bond donors (Lipinski definition) is 0. The lowest BCUT2D eigenvalue weighted by molar-refractivity contribution is -0.127. The second-order valence-corrected chi connectivity index (χ2v) is 9.93. The van der Waals surface area contributed by atoms with Gasteiger partial charge in [0, 0.05) is 30.9 Å². The molecule has 3 aliphatic heterocycles. The highest BCUT2D eigenvalue weighted by Crippen LogP contribution is 2.45. The van der Waals surface area contributed by atoms with Crippen LogP contribution in [-0.2, 0) is 11.3 Å². The smallest absolute Gasteiger partial charge is 0.212 e. The summed E-state index contributed by atoms with van der Waals surface area (Å²) in [7, 11) is 3.22. The van der Waals surface area contributed by atoms with E-state index in [4.69, 9.17) is 28.7 Å². The first-order valence-electron chi connectivity index (χ1n) is 12.3. The topological polar surface area (TPSA) is 93.0 Å². The third kappa shape index (κ3) is 3.79. The summed E-state index contributed by atoms with van der Waals surface area (Å²) in [6.45, 7) is 4.72. The number of aromatic nitrogens is 4. The molecule has 0 bridgehead atoms. The molecule has 2 saturated heterocycles. The van der Waals surface area contributed by atoms with Gasteiger partial charge >= 0.3 is 0 Å². The predicted octanol–water partition coefficient (Wildman–Crippen LogP) is 3.24. The molecule has 1 unspecified atom stereocenters. The van der Waals surface area contributed by atoms with Crippen LogP contribution in [0.5, 0.6) is 23.1 Å². The molecule has 1 aromatic carbocycles. The molecule has 0 saturated carbocycles. The second kappa shape index (κ2) is 8.52. The molecule has 10 nitrogen and oxygen atoms in total. The number of fused-ring (bicyclic) bond motifs is 2. The lowest BCUT2D eigenvalue weighted by Gasteiger charge is -2.55. The van der Waals surface area contributed by atoms with E-state index < -0.39 is 0 Å². The standard InChI is InChI=1S/C27H27N5O5/c1-33-21-5-17(6-22-25(21)37-23(11-36-22)18-3-4-24(34-2)28-8-18)10-31-16-30-20-7-19(9-29-26(20)31)32-12-27(13-32)14-35-15-27/h3-9,16,23H,10-15H2,1-2H3. The summed E-state index contributed by atoms with van der Waals surface area (Å²) in [4.78, 5) is 16.0. The fourth-order valence-electron chi connectivity index (χ4n) is 5.25. The predicted molar refractivity (Wildman–Crippen MR) is 135 cm³/mol. The molecule has 0 aliphatic carbocycles. The molecule has 1 spiro atoms. The van der Waals surface area contributed by atoms with Crippen LogP contribution in [0, 0.1) is 5.41 Å². The Morgan fingerprint density at radius 2 is 1.92 bits per heavy atom. The monoisotopic (exact) mass is 501 g/mol. The molecule has 190 valence electrons. The number of nitrogens with zero attached hydrogens (tertiary/aromatic N) is 5. The quantitative estimate of drug-likeness (QED) is 0.395. The van der Waals surface area contributed by atoms with Gasteiger partial charge in [-0.05, 0) is 29.8 Å². The maximum atomic E-state index is 6.28. The van der Waals surface area contributed by atoms with Gasteiger partial charge in [0.1, 0.15) is 12.1 Å². The first-order valence-corrected chi connectivity index (χ1v) is 12.3. The molecule has 4 aromatic rings. The Labute approximate surface area is 213 Å². The lowest BCUT2D eigenvalue weighted by Crippen LogP contribution is -2.66. The van der Waals surface area contributed by atoms with Crippen molar-refractivity contribution in [2.75, 3.05) is 52.0 Å². The Morgan fingerprint density at radius 1 is 1.03 bits per heavy atom. The molecule has 6 heterocycles. The maximum Gasteiger partial charge on any atom is 0.212 e. The normalized spacial score (nSPS) is 19.4. The minimum Gasteiger partial charge on any atom is -0.493 e. The zero-order valence-electron chi connectivity index (χ0n) is 20.7. The van der Waals surface area contributed by atoms with Crippen molar-refractivity contribution in [3.63, 3.8) is 0 Å². The molecule has 0 amide bonds. The van der Waals surface area contributed by atoms with Crippen LogP contribution in [0.1, 0.15) is 17.2 Å². The third-order valence-electron chi connectivity index (χ3n) is 7.32. The van der Waals surface area contributed by atoms with Gasteiger partial charge in [0.2, 0.25) is 11.6 Å². The minimum absolute atomic E-state index is 0.292. The summed E-state index contributed by atoms with van der Waals surface area (Å²) >= 11 is 0. The van der Waals surface area contributed by atoms with Crippen LogP contribution in [0.3, 0.4) is 0 Å². The van der Waals surface area contributed by atoms with Crippen molar-refractivity contribution in [1.29, 1.82) is 0 Å². The van der Waals surface area contributed by atoms with Gasteiger partial charge < -0.3 is 33.2 Å². The first kappa shape index (κ1) is 22.2. The van der Waals surface area contributed by atoms with Crippen molar-refractivity contribution in [3.8, 4) is 23.1 Å². The lowest BCUT2D eigenvalue weighted by atomic mass is 9.78. The number of imidazole rings is 1. The number of pyridine rings is 2. The Bertz CT molecular complexity index is 1440. The highest BCUT2D eigenvalue weighted by atomic mass is 16.6. The van der Waals surface area contributed by atoms with Crippen LogP contribution < -0.4 is 23.8 Å². The minimum atomic E-state index is -0.292. The van der Waals surface area contributed by atoms with E-state index in [1.54, 1.807) is 20.4 Å². The zero-order valence-corrected chi connectivity index (χ0v) is 20.7. The molecule has 1 atom stereocenters. The Hall–Kier alpha value is -4.05. The Balaban J connectivity index is 1.10. The van der Waals surface area contributed by atoms with Crippen LogP contribution in [0.15, 0.2) is 49.1 Å². The summed E-state index contributed by atoms with van der Waals surface area (Å²) in [6.07, 6.45) is 5.21. The zero-order chi connectivity index (χ0) is 25.0. The van der Waals surface area contributed by atoms with E-state index in [2.05, 4.69) is 20.9 Å². The van der Waals surface area contributed by atoms with E-state index in [1.165, 1.54) is 0 Å². The van der Waals surface area contributed by atoms with E-state index in [0.29, 0.717) is 41.7 Å². The molecular weight excluding hydrogens is 474 g/mol. The average molecular weight is 502 g/mol. The number of hydrogen-bond acceptors (Lipinski definition) is 9. The molecule has 0 N–H and O–H groups in total. The molecular formula is C27H27N5O5. The number of benzene rings is 1. The van der Waals surface area contributed by atoms with Gasteiger partial charge in [-0.3, -0.25) is 0 Å². The van der Waals surface area contributed by atoms with Gasteiger partial charge in [-0.2, -0.15) is 0 Å². The third-order valence-corrected chi connectivity index (χ3v) is 7.32. The van der Waals surface area contributed by atoms with Crippen LogP contribution in [0.2, 0.25) is 0 Å². The SMILES string of the molecule is COc1ccc(C2COc3cc(Cn4cnc5cc(N6CC7(COC7)C6)cnc54)cc(OC)c3O2)cn1. The number of ether oxygens (including phenoxy) is 5. The Morgan fingerprint density at radius 3 is 2.65 bits per heavy atom. The van der Waals surface area contributed by atoms with Crippen molar-refractivity contribution in [2.45, 2.75) is 12.6 Å². The van der Waals surface area contributed by atoms with Gasteiger partial charge in [0.05, 0.1) is 57.6 Å². The van der Waals surface area contributed by atoms with E-state index in [9.17, 15) is 0 Å². The molecule has 2 fully saturated rings. The van der Waals surface area contributed by atoms with Gasteiger partial charge in [0.15, 0.2) is 23.3 Å². The van der Waals surface area contributed by atoms with Crippen molar-refractivity contribution in [3.05, 3.63) is 60.2 Å². The molecule has 37 heavy (non-hydrogen) atoms. The summed E-state index contributed by atoms with van der Waals surface area (Å²) in [6, 6.07) is 9.81. The van der Waals surface area contributed by atoms with Crippen LogP contribution in [0.25, 0.3) is 11.2 Å². The largest absolute Gasteiger partial charge is 0.493 e. The van der Waals surface area contributed by atoms with Crippen LogP contribution in [-0.4, -0.2) is 66.6 Å². The molecule has 0 radical (unpaired) electrons. The molecule has 3 aliphatic rings. The van der Waals surface area contributed by atoms with E-state index in [-0.39, 0.29) is 6.10 Å². The van der Waals surface area contributed by atoms with Gasteiger partial charge in [0.25, 0.3) is 0 Å². The van der Waals surface area contributed by atoms with Crippen LogP contribution >= 0.6 is 0 Å². The second-order valence-electron chi connectivity index (χ2n) is 9.93. The van der Waals surface area contributed by atoms with Crippen molar-refractivity contribution < 1.29 is 23.7 Å². The van der Waals surface area contributed by atoms with Crippen molar-refractivity contribution >= 4 is 16.9 Å². The highest BCUT2D eigenvalue weighted by Gasteiger charge is 2.49. The van der Waals surface area contributed by atoms with E-state index >= 15 is 0 Å². The van der Waals surface area contributed by atoms with Crippen LogP contribution in [0.4, 0.5) is 5.69 Å². The van der Waals surface area contributed by atoms with Gasteiger partial charge in [-0.25, -0.2) is 15.0 Å². The maximum absolute atomic E-state index is 6.28. The number of methoxy groups -OCH3 is 2. The fourth-order valence-corrected chi connectivity index (χ4v) is 5.25. The van der Waals surface area contributed by atoms with E-state index in [0.717, 1.165) is 54.3 Å². The molecule has 10 heteroatoms. The van der Waals surface area contributed by atoms with E-state index in [1.807, 2.05) is 41.4 Å². The Kier molecular flexibility index (Phi) is 5.10. The number of anilines is 1.